The minimum atomic E-state index is -0.845. The number of likely N-dealkylation sites (tertiary alicyclic amines) is 2. The van der Waals surface area contributed by atoms with Gasteiger partial charge in [-0.3, -0.25) is 9.59 Å². The molecule has 3 aromatic carbocycles. The van der Waals surface area contributed by atoms with Crippen LogP contribution in [0.4, 0.5) is 9.59 Å². The Morgan fingerprint density at radius 1 is 0.698 bits per heavy atom. The summed E-state index contributed by atoms with van der Waals surface area (Å²) in [5.41, 5.74) is 6.57. The van der Waals surface area contributed by atoms with Gasteiger partial charge in [-0.05, 0) is 106 Å². The predicted octanol–water partition coefficient (Wildman–Crippen LogP) is 7.92. The van der Waals surface area contributed by atoms with E-state index >= 15 is 0 Å². The summed E-state index contributed by atoms with van der Waals surface area (Å²) in [5, 5.41) is 11.5. The molecule has 63 heavy (non-hydrogen) atoms. The zero-order valence-corrected chi connectivity index (χ0v) is 36.0. The number of nitrogens with one attached hydrogen (secondary N) is 4. The van der Waals surface area contributed by atoms with Crippen LogP contribution in [0.2, 0.25) is 0 Å². The minimum absolute atomic E-state index is 0.0295. The predicted molar refractivity (Wildman–Crippen MR) is 237 cm³/mol. The average molecular weight is 871 g/mol. The van der Waals surface area contributed by atoms with Crippen molar-refractivity contribution in [3.8, 4) is 33.6 Å². The zero-order chi connectivity index (χ0) is 43.5. The largest absolute Gasteiger partial charge is 0.453 e. The van der Waals surface area contributed by atoms with Gasteiger partial charge in [0.25, 0.3) is 5.91 Å². The highest BCUT2D eigenvalue weighted by atomic mass is 32.1. The molecule has 0 radical (unpaired) electrons. The van der Waals surface area contributed by atoms with Gasteiger partial charge in [0.1, 0.15) is 23.7 Å². The van der Waals surface area contributed by atoms with Crippen LogP contribution in [0.1, 0.15) is 73.9 Å². The van der Waals surface area contributed by atoms with Crippen LogP contribution in [-0.2, 0) is 23.8 Å². The lowest BCUT2D eigenvalue weighted by Crippen LogP contribution is -2.53. The lowest BCUT2D eigenvalue weighted by Gasteiger charge is -2.34. The number of amides is 4. The summed E-state index contributed by atoms with van der Waals surface area (Å²) >= 11 is 1.46. The third-order valence-electron chi connectivity index (χ3n) is 12.6. The van der Waals surface area contributed by atoms with Gasteiger partial charge in [-0.2, -0.15) is 11.3 Å². The van der Waals surface area contributed by atoms with Crippen molar-refractivity contribution in [3.63, 3.8) is 0 Å². The summed E-state index contributed by atoms with van der Waals surface area (Å²) in [6, 6.07) is 20.9. The van der Waals surface area contributed by atoms with E-state index in [4.69, 9.17) is 24.2 Å². The number of carbonyl (C=O) groups excluding carboxylic acids is 4. The fourth-order valence-corrected chi connectivity index (χ4v) is 9.92. The van der Waals surface area contributed by atoms with Crippen LogP contribution >= 0.6 is 11.3 Å². The van der Waals surface area contributed by atoms with Crippen molar-refractivity contribution in [2.75, 3.05) is 40.5 Å². The Morgan fingerprint density at radius 3 is 1.87 bits per heavy atom. The summed E-state index contributed by atoms with van der Waals surface area (Å²) in [6.07, 6.45) is 6.96. The van der Waals surface area contributed by atoms with E-state index in [1.807, 2.05) is 34.1 Å². The lowest BCUT2D eigenvalue weighted by molar-refractivity contribution is -0.137. The average Bonchev–Trinajstić information content (AvgIpc) is 4.19. The normalized spacial score (nSPS) is 18.9. The van der Waals surface area contributed by atoms with Crippen LogP contribution in [0, 0.1) is 5.92 Å². The summed E-state index contributed by atoms with van der Waals surface area (Å²) < 4.78 is 15.2. The number of imidazole rings is 2. The minimum Gasteiger partial charge on any atom is -0.453 e. The second kappa shape index (κ2) is 18.4. The maximum atomic E-state index is 14.0. The number of ether oxygens (including phenoxy) is 3. The molecule has 6 heterocycles. The maximum Gasteiger partial charge on any atom is 0.407 e. The van der Waals surface area contributed by atoms with Crippen LogP contribution in [0.25, 0.3) is 44.4 Å². The second-order valence-corrected chi connectivity index (χ2v) is 17.1. The summed E-state index contributed by atoms with van der Waals surface area (Å²) in [6.45, 7) is 2.27. The molecule has 4 atom stereocenters. The molecule has 16 heteroatoms. The Bertz CT molecular complexity index is 2590. The zero-order valence-electron chi connectivity index (χ0n) is 35.2. The summed E-state index contributed by atoms with van der Waals surface area (Å²) in [4.78, 5) is 72.4. The van der Waals surface area contributed by atoms with Crippen molar-refractivity contribution >= 4 is 46.1 Å². The first kappa shape index (κ1) is 41.8. The van der Waals surface area contributed by atoms with Crippen molar-refractivity contribution in [1.29, 1.82) is 0 Å². The molecule has 0 saturated carbocycles. The van der Waals surface area contributed by atoms with Crippen molar-refractivity contribution in [2.45, 2.75) is 62.7 Å². The van der Waals surface area contributed by atoms with Gasteiger partial charge in [0.15, 0.2) is 0 Å². The number of benzene rings is 3. The lowest BCUT2D eigenvalue weighted by atomic mass is 9.90. The highest BCUT2D eigenvalue weighted by molar-refractivity contribution is 7.08. The molecule has 3 fully saturated rings. The number of H-pyrrole nitrogens is 2. The molecule has 326 valence electrons. The first-order valence-corrected chi connectivity index (χ1v) is 22.4. The van der Waals surface area contributed by atoms with E-state index in [-0.39, 0.29) is 29.8 Å². The van der Waals surface area contributed by atoms with Gasteiger partial charge in [-0.15, -0.1) is 0 Å². The molecule has 0 spiro atoms. The number of hydrogen-bond donors (Lipinski definition) is 4. The van der Waals surface area contributed by atoms with Crippen LogP contribution in [0.5, 0.6) is 0 Å². The molecule has 0 bridgehead atoms. The molecule has 4 N–H and O–H groups in total. The topological polar surface area (TPSA) is 184 Å². The Kier molecular flexibility index (Phi) is 12.2. The van der Waals surface area contributed by atoms with E-state index in [0.29, 0.717) is 45.0 Å². The van der Waals surface area contributed by atoms with Gasteiger partial charge in [0.2, 0.25) is 5.91 Å². The monoisotopic (exact) mass is 870 g/mol. The van der Waals surface area contributed by atoms with E-state index in [0.717, 1.165) is 81.5 Å². The van der Waals surface area contributed by atoms with Crippen LogP contribution in [0.3, 0.4) is 0 Å². The van der Waals surface area contributed by atoms with Gasteiger partial charge in [-0.25, -0.2) is 19.6 Å². The van der Waals surface area contributed by atoms with Gasteiger partial charge in [-0.1, -0.05) is 48.5 Å². The number of nitrogens with zero attached hydrogens (tertiary/aromatic N) is 4. The smallest absolute Gasteiger partial charge is 0.407 e. The molecule has 6 aromatic rings. The third-order valence-corrected chi connectivity index (χ3v) is 13.3. The Morgan fingerprint density at radius 2 is 1.25 bits per heavy atom. The van der Waals surface area contributed by atoms with E-state index in [1.165, 1.54) is 25.6 Å². The maximum absolute atomic E-state index is 14.0. The van der Waals surface area contributed by atoms with Crippen LogP contribution in [0.15, 0.2) is 89.9 Å². The number of fused-ring (bicyclic) bond motifs is 1. The molecule has 4 unspecified atom stereocenters. The van der Waals surface area contributed by atoms with E-state index in [2.05, 4.69) is 81.3 Å². The molecule has 9 rings (SSSR count). The number of rotatable bonds is 11. The number of alkyl carbamates (subject to hydrolysis) is 2. The number of aromatic nitrogens is 4. The van der Waals surface area contributed by atoms with Gasteiger partial charge >= 0.3 is 12.2 Å². The van der Waals surface area contributed by atoms with E-state index in [9.17, 15) is 19.2 Å². The number of thiophene rings is 1. The Labute approximate surface area is 368 Å². The van der Waals surface area contributed by atoms with Crippen molar-refractivity contribution in [1.82, 2.24) is 40.4 Å². The summed E-state index contributed by atoms with van der Waals surface area (Å²) in [7, 11) is 2.59. The number of carbonyl (C=O) groups is 4. The number of hydrogen-bond acceptors (Lipinski definition) is 10. The SMILES string of the molecule is COC(=O)NC(C(=O)N1CCCC1c1ncc(-c2ccc(-c3ccc4cc(-c5cnc(C6CCCN6C(=O)C(NC(=O)OC)C6CCOCC6)[nH]5)ccc4c3)cc2)[nH]1)c1ccsc1. The fourth-order valence-electron chi connectivity index (χ4n) is 9.23. The molecule has 3 saturated heterocycles. The molecular weight excluding hydrogens is 821 g/mol. The quantitative estimate of drug-likeness (QED) is 0.100. The fraction of sp³-hybridized carbons (Fsp3) is 0.362. The number of aromatic amines is 2. The molecule has 3 aromatic heterocycles. The van der Waals surface area contributed by atoms with E-state index < -0.39 is 24.3 Å². The first-order valence-electron chi connectivity index (χ1n) is 21.4. The van der Waals surface area contributed by atoms with Gasteiger partial charge < -0.3 is 44.6 Å². The standard InChI is InChI=1S/C47H50N8O7S/c1-60-46(58)52-40(30-15-20-62-21-16-30)44(56)54-18-3-6-39(54)43-49-26-37(51-43)34-14-13-32-23-31(11-12-33(32)24-34)28-7-9-29(10-8-28)36-25-48-42(50-36)38-5-4-19-55(38)45(57)41(53-47(59)61-2)35-17-22-63-27-35/h7-14,17,22-27,30,38-41H,3-6,15-16,18-21H2,1-2H3,(H,48,50)(H,49,51)(H,52,58)(H,53,59). The van der Waals surface area contributed by atoms with Crippen molar-refractivity contribution < 1.29 is 33.4 Å². The third kappa shape index (κ3) is 8.77. The summed E-state index contributed by atoms with van der Waals surface area (Å²) in [5.74, 6) is 1.10. The van der Waals surface area contributed by atoms with E-state index in [1.54, 1.807) is 4.90 Å². The number of methoxy groups -OCH3 is 2. The Hall–Kier alpha value is -6.52. The highest BCUT2D eigenvalue weighted by Gasteiger charge is 2.40. The second-order valence-electron chi connectivity index (χ2n) is 16.3. The van der Waals surface area contributed by atoms with Gasteiger partial charge in [0.05, 0.1) is 50.1 Å². The molecule has 3 aliphatic heterocycles. The van der Waals surface area contributed by atoms with Crippen molar-refractivity contribution in [3.05, 3.63) is 107 Å². The Balaban J connectivity index is 0.867. The molecule has 4 amide bonds. The molecule has 3 aliphatic rings. The first-order chi connectivity index (χ1) is 30.8. The molecule has 15 nitrogen and oxygen atoms in total. The van der Waals surface area contributed by atoms with Gasteiger partial charge in [0, 0.05) is 31.9 Å². The van der Waals surface area contributed by atoms with Crippen LogP contribution in [-0.4, -0.2) is 100 Å². The van der Waals surface area contributed by atoms with Crippen molar-refractivity contribution in [2.24, 2.45) is 5.92 Å². The van der Waals surface area contributed by atoms with Crippen LogP contribution < -0.4 is 10.6 Å². The molecular formula is C47H50N8O7S. The molecule has 0 aliphatic carbocycles. The highest BCUT2D eigenvalue weighted by Crippen LogP contribution is 2.37.